The smallest absolute Gasteiger partial charge is 0.412 e. The topological polar surface area (TPSA) is 81.7 Å². The number of rotatable bonds is 3. The number of fused-ring (bicyclic) bond motifs is 1. The maximum Gasteiger partial charge on any atom is 0.412 e. The lowest BCUT2D eigenvalue weighted by atomic mass is 9.89. The Hall–Kier alpha value is -2.22. The molecule has 0 heterocycles. The average Bonchev–Trinajstić information content (AvgIpc) is 2.38. The van der Waals surface area contributed by atoms with Crippen molar-refractivity contribution in [2.45, 2.75) is 26.4 Å². The van der Waals surface area contributed by atoms with Gasteiger partial charge in [0.1, 0.15) is 19.2 Å². The second-order valence-corrected chi connectivity index (χ2v) is 8.13. The third kappa shape index (κ3) is 4.89. The number of hydrogen-bond acceptors (Lipinski definition) is 5. The third-order valence-electron chi connectivity index (χ3n) is 3.09. The number of benzene rings is 2. The molecule has 0 atom stereocenters. The van der Waals surface area contributed by atoms with E-state index < -0.39 is 21.8 Å². The summed E-state index contributed by atoms with van der Waals surface area (Å²) in [5, 5.41) is 4.24. The van der Waals surface area contributed by atoms with Gasteiger partial charge in [-0.15, -0.1) is 0 Å². The molecule has 8 heteroatoms. The molecule has 0 radical (unpaired) electrons. The van der Waals surface area contributed by atoms with Crippen LogP contribution in [0.4, 0.5) is 10.5 Å². The zero-order chi connectivity index (χ0) is 18.1. The van der Waals surface area contributed by atoms with Crippen LogP contribution in [0.25, 0.3) is 10.8 Å². The Labute approximate surface area is 142 Å². The van der Waals surface area contributed by atoms with E-state index >= 15 is 0 Å². The monoisotopic (exact) mass is 349 g/mol. The van der Waals surface area contributed by atoms with Gasteiger partial charge < -0.3 is 8.92 Å². The van der Waals surface area contributed by atoms with Gasteiger partial charge in [0, 0.05) is 5.39 Å². The molecule has 2 aromatic carbocycles. The number of nitrogens with one attached hydrogen (secondary N) is 1. The molecule has 24 heavy (non-hydrogen) atoms. The third-order valence-corrected chi connectivity index (χ3v) is 3.58. The molecule has 0 aliphatic carbocycles. The summed E-state index contributed by atoms with van der Waals surface area (Å²) in [6.45, 7) is 5.33. The minimum atomic E-state index is -3.63. The van der Waals surface area contributed by atoms with Crippen molar-refractivity contribution in [3.05, 3.63) is 30.3 Å². The molecule has 1 N–H and O–H groups in total. The Morgan fingerprint density at radius 1 is 1.12 bits per heavy atom. The summed E-state index contributed by atoms with van der Waals surface area (Å²) in [6, 6.07) is 8.52. The minimum Gasteiger partial charge on any atom is -0.444 e. The van der Waals surface area contributed by atoms with Crippen molar-refractivity contribution in [1.29, 1.82) is 0 Å². The van der Waals surface area contributed by atoms with Crippen LogP contribution >= 0.6 is 0 Å². The zero-order valence-corrected chi connectivity index (χ0v) is 15.2. The van der Waals surface area contributed by atoms with Gasteiger partial charge in [0.15, 0.2) is 0 Å². The molecule has 0 aliphatic rings. The molecular weight excluding hydrogens is 329 g/mol. The quantitative estimate of drug-likeness (QED) is 0.675. The minimum absolute atomic E-state index is 0.183. The van der Waals surface area contributed by atoms with Crippen LogP contribution in [0.2, 0.25) is 0 Å². The van der Waals surface area contributed by atoms with Gasteiger partial charge in [-0.1, -0.05) is 17.6 Å². The van der Waals surface area contributed by atoms with Crippen molar-refractivity contribution >= 4 is 46.0 Å². The van der Waals surface area contributed by atoms with Gasteiger partial charge in [-0.2, -0.15) is 8.42 Å². The highest BCUT2D eigenvalue weighted by molar-refractivity contribution is 7.86. The normalized spacial score (nSPS) is 12.0. The van der Waals surface area contributed by atoms with E-state index in [4.69, 9.17) is 8.92 Å². The summed E-state index contributed by atoms with van der Waals surface area (Å²) >= 11 is 0. The second-order valence-electron chi connectivity index (χ2n) is 6.55. The zero-order valence-electron chi connectivity index (χ0n) is 14.3. The van der Waals surface area contributed by atoms with Crippen LogP contribution < -0.4 is 15.0 Å². The van der Waals surface area contributed by atoms with Crippen molar-refractivity contribution in [3.63, 3.8) is 0 Å². The first-order valence-electron chi connectivity index (χ1n) is 7.37. The molecule has 0 saturated heterocycles. The number of amides is 1. The highest BCUT2D eigenvalue weighted by Gasteiger charge is 2.17. The Bertz CT molecular complexity index is 887. The summed E-state index contributed by atoms with van der Waals surface area (Å²) in [6.07, 6.45) is 0.398. The number of carbonyl (C=O) groups is 1. The van der Waals surface area contributed by atoms with Gasteiger partial charge in [0.25, 0.3) is 0 Å². The molecule has 128 valence electrons. The molecule has 2 aromatic rings. The van der Waals surface area contributed by atoms with Gasteiger partial charge in [-0.25, -0.2) is 4.79 Å². The summed E-state index contributed by atoms with van der Waals surface area (Å²) in [4.78, 5) is 12.0. The molecule has 0 aliphatic heterocycles. The second kappa shape index (κ2) is 6.35. The summed E-state index contributed by atoms with van der Waals surface area (Å²) in [5.41, 5.74) is 0.893. The SMILES string of the molecule is Bc1ccc(NC(=O)OC(C)(C)C)c2cc(OS(C)(=O)=O)ccc12. The molecule has 0 fully saturated rings. The fraction of sp³-hybridized carbons (Fsp3) is 0.312. The van der Waals surface area contributed by atoms with E-state index in [1.165, 1.54) is 0 Å². The van der Waals surface area contributed by atoms with E-state index in [0.717, 1.165) is 17.1 Å². The van der Waals surface area contributed by atoms with Gasteiger partial charge in [-0.05, 0) is 44.4 Å². The molecular formula is C16H20BNO5S. The van der Waals surface area contributed by atoms with E-state index in [1.54, 1.807) is 45.0 Å². The number of hydrogen-bond donors (Lipinski definition) is 1. The highest BCUT2D eigenvalue weighted by Crippen LogP contribution is 2.27. The summed E-state index contributed by atoms with van der Waals surface area (Å²) < 4.78 is 32.8. The van der Waals surface area contributed by atoms with Crippen LogP contribution in [0, 0.1) is 0 Å². The molecule has 0 unspecified atom stereocenters. The van der Waals surface area contributed by atoms with Crippen molar-refractivity contribution in [1.82, 2.24) is 0 Å². The average molecular weight is 349 g/mol. The van der Waals surface area contributed by atoms with Crippen LogP contribution in [0.3, 0.4) is 0 Å². The fourth-order valence-corrected chi connectivity index (χ4v) is 2.68. The van der Waals surface area contributed by atoms with Gasteiger partial charge in [0.2, 0.25) is 0 Å². The fourth-order valence-electron chi connectivity index (χ4n) is 2.23. The molecule has 0 bridgehead atoms. The lowest BCUT2D eigenvalue weighted by Gasteiger charge is -2.20. The lowest BCUT2D eigenvalue weighted by Crippen LogP contribution is -2.27. The van der Waals surface area contributed by atoms with Crippen LogP contribution in [0.15, 0.2) is 30.3 Å². The number of ether oxygens (including phenoxy) is 1. The standard InChI is InChI=1S/C16H20BNO5S/c1-16(2,3)22-15(19)18-14-8-7-13(17)11-6-5-10(9-12(11)14)23-24(4,20)21/h5-9H,17H2,1-4H3,(H,18,19). The predicted octanol–water partition coefficient (Wildman–Crippen LogP) is 1.78. The molecule has 0 aromatic heterocycles. The van der Waals surface area contributed by atoms with Crippen LogP contribution in [0.5, 0.6) is 5.75 Å². The first kappa shape index (κ1) is 18.1. The Balaban J connectivity index is 2.44. The first-order valence-corrected chi connectivity index (χ1v) is 9.19. The molecule has 1 amide bonds. The van der Waals surface area contributed by atoms with Crippen LogP contribution in [-0.4, -0.2) is 34.2 Å². The van der Waals surface area contributed by atoms with Crippen LogP contribution in [0.1, 0.15) is 20.8 Å². The Kier molecular flexibility index (Phi) is 4.80. The van der Waals surface area contributed by atoms with Crippen molar-refractivity contribution in [3.8, 4) is 5.75 Å². The molecule has 0 saturated carbocycles. The Morgan fingerprint density at radius 3 is 2.38 bits per heavy atom. The van der Waals surface area contributed by atoms with Crippen molar-refractivity contribution < 1.29 is 22.1 Å². The largest absolute Gasteiger partial charge is 0.444 e. The number of anilines is 1. The van der Waals surface area contributed by atoms with Gasteiger partial charge in [0.05, 0.1) is 11.9 Å². The van der Waals surface area contributed by atoms with E-state index in [1.807, 2.05) is 13.9 Å². The van der Waals surface area contributed by atoms with Gasteiger partial charge >= 0.3 is 16.2 Å². The van der Waals surface area contributed by atoms with Gasteiger partial charge in [-0.3, -0.25) is 5.32 Å². The molecule has 6 nitrogen and oxygen atoms in total. The number of carbonyl (C=O) groups excluding carboxylic acids is 1. The molecule has 2 rings (SSSR count). The predicted molar refractivity (Wildman–Crippen MR) is 97.5 cm³/mol. The highest BCUT2D eigenvalue weighted by atomic mass is 32.2. The van der Waals surface area contributed by atoms with Crippen molar-refractivity contribution in [2.24, 2.45) is 0 Å². The molecule has 0 spiro atoms. The van der Waals surface area contributed by atoms with Crippen LogP contribution in [-0.2, 0) is 14.9 Å². The summed E-state index contributed by atoms with van der Waals surface area (Å²) in [7, 11) is -1.70. The van der Waals surface area contributed by atoms with E-state index in [9.17, 15) is 13.2 Å². The Morgan fingerprint density at radius 2 is 1.79 bits per heavy atom. The summed E-state index contributed by atoms with van der Waals surface area (Å²) in [5.74, 6) is 0.183. The van der Waals surface area contributed by atoms with E-state index in [2.05, 4.69) is 5.32 Å². The van der Waals surface area contributed by atoms with Crippen molar-refractivity contribution in [2.75, 3.05) is 11.6 Å². The maximum absolute atomic E-state index is 12.0. The lowest BCUT2D eigenvalue weighted by molar-refractivity contribution is 0.0636. The van der Waals surface area contributed by atoms with E-state index in [0.29, 0.717) is 11.1 Å². The maximum atomic E-state index is 12.0. The first-order chi connectivity index (χ1) is 10.9. The van der Waals surface area contributed by atoms with E-state index in [-0.39, 0.29) is 5.75 Å².